The number of likely N-dealkylation sites (tertiary alicyclic amines) is 1. The highest BCUT2D eigenvalue weighted by Gasteiger charge is 2.30. The molecule has 6 nitrogen and oxygen atoms in total. The van der Waals surface area contributed by atoms with Gasteiger partial charge in [-0.2, -0.15) is 0 Å². The van der Waals surface area contributed by atoms with Crippen LogP contribution in [0.5, 0.6) is 0 Å². The minimum absolute atomic E-state index is 0.0305. The monoisotopic (exact) mass is 318 g/mol. The van der Waals surface area contributed by atoms with Gasteiger partial charge in [0.1, 0.15) is 5.69 Å². The van der Waals surface area contributed by atoms with E-state index in [1.165, 1.54) is 6.42 Å². The lowest BCUT2D eigenvalue weighted by Gasteiger charge is -2.28. The summed E-state index contributed by atoms with van der Waals surface area (Å²) in [5, 5.41) is 2.98. The molecule has 1 saturated heterocycles. The van der Waals surface area contributed by atoms with Gasteiger partial charge in [0.15, 0.2) is 0 Å². The molecule has 1 atom stereocenters. The van der Waals surface area contributed by atoms with Crippen LogP contribution in [0, 0.1) is 5.92 Å². The molecule has 1 N–H and O–H groups in total. The van der Waals surface area contributed by atoms with Gasteiger partial charge in [0.25, 0.3) is 5.91 Å². The fourth-order valence-corrected chi connectivity index (χ4v) is 3.51. The lowest BCUT2D eigenvalue weighted by molar-refractivity contribution is -0.126. The number of rotatable bonds is 3. The van der Waals surface area contributed by atoms with E-state index in [0.29, 0.717) is 12.2 Å². The largest absolute Gasteiger partial charge is 0.354 e. The van der Waals surface area contributed by atoms with Gasteiger partial charge in [0.2, 0.25) is 5.91 Å². The van der Waals surface area contributed by atoms with Crippen molar-refractivity contribution in [3.8, 4) is 0 Å². The Balaban J connectivity index is 1.70. The molecule has 2 aliphatic heterocycles. The first-order chi connectivity index (χ1) is 11.1. The maximum Gasteiger partial charge on any atom is 0.274 e. The molecule has 2 amide bonds. The molecule has 0 bridgehead atoms. The number of aromatic nitrogens is 2. The highest BCUT2D eigenvalue weighted by Crippen LogP contribution is 2.24. The average molecular weight is 318 g/mol. The average Bonchev–Trinajstić information content (AvgIpc) is 2.97. The molecular formula is C17H26N4O2. The van der Waals surface area contributed by atoms with Crippen LogP contribution in [0.25, 0.3) is 0 Å². The predicted molar refractivity (Wildman–Crippen MR) is 87.1 cm³/mol. The topological polar surface area (TPSA) is 67.2 Å². The molecule has 126 valence electrons. The number of carbonyl (C=O) groups is 2. The third-order valence-electron chi connectivity index (χ3n) is 4.74. The summed E-state index contributed by atoms with van der Waals surface area (Å²) < 4.78 is 1.99. The van der Waals surface area contributed by atoms with Crippen LogP contribution in [0.15, 0.2) is 6.33 Å². The Morgan fingerprint density at radius 2 is 2.00 bits per heavy atom. The van der Waals surface area contributed by atoms with Gasteiger partial charge in [-0.05, 0) is 46.0 Å². The second kappa shape index (κ2) is 6.72. The fraction of sp³-hybridized carbons (Fsp3) is 0.706. The van der Waals surface area contributed by atoms with Crippen molar-refractivity contribution in [3.63, 3.8) is 0 Å². The van der Waals surface area contributed by atoms with E-state index in [1.54, 1.807) is 6.33 Å². The third kappa shape index (κ3) is 3.41. The summed E-state index contributed by atoms with van der Waals surface area (Å²) in [7, 11) is 0. The van der Waals surface area contributed by atoms with Gasteiger partial charge < -0.3 is 14.8 Å². The highest BCUT2D eigenvalue weighted by atomic mass is 16.2. The molecule has 23 heavy (non-hydrogen) atoms. The van der Waals surface area contributed by atoms with E-state index in [2.05, 4.69) is 10.3 Å². The van der Waals surface area contributed by atoms with Crippen LogP contribution in [-0.4, -0.2) is 45.4 Å². The van der Waals surface area contributed by atoms with Crippen molar-refractivity contribution in [3.05, 3.63) is 17.7 Å². The Hall–Kier alpha value is -1.85. The van der Waals surface area contributed by atoms with Crippen LogP contribution in [0.2, 0.25) is 0 Å². The number of hydrogen-bond acceptors (Lipinski definition) is 3. The summed E-state index contributed by atoms with van der Waals surface area (Å²) in [5.41, 5.74) is 1.59. The molecule has 1 aromatic heterocycles. The minimum atomic E-state index is -0.0305. The van der Waals surface area contributed by atoms with E-state index in [0.717, 1.165) is 44.5 Å². The standard InChI is InChI=1S/C17H26N4O2/c1-12(2)19-16(22)13-6-7-14-15(18-11-21(14)10-13)17(23)20-8-4-3-5-9-20/h11-13H,3-10H2,1-2H3,(H,19,22). The lowest BCUT2D eigenvalue weighted by atomic mass is 9.95. The van der Waals surface area contributed by atoms with Crippen LogP contribution in [-0.2, 0) is 17.8 Å². The number of imidazole rings is 1. The molecule has 0 radical (unpaired) electrons. The van der Waals surface area contributed by atoms with Crippen LogP contribution in [0.1, 0.15) is 55.7 Å². The molecule has 0 aromatic carbocycles. The molecule has 1 fully saturated rings. The summed E-state index contributed by atoms with van der Waals surface area (Å²) in [6.45, 7) is 6.24. The van der Waals surface area contributed by atoms with Crippen LogP contribution >= 0.6 is 0 Å². The summed E-state index contributed by atoms with van der Waals surface area (Å²) in [5.74, 6) is 0.129. The smallest absolute Gasteiger partial charge is 0.274 e. The van der Waals surface area contributed by atoms with E-state index < -0.39 is 0 Å². The summed E-state index contributed by atoms with van der Waals surface area (Å²) in [4.78, 5) is 31.1. The molecular weight excluding hydrogens is 292 g/mol. The van der Waals surface area contributed by atoms with Gasteiger partial charge in [-0.25, -0.2) is 4.98 Å². The van der Waals surface area contributed by atoms with Crippen molar-refractivity contribution in [1.29, 1.82) is 0 Å². The number of fused-ring (bicyclic) bond motifs is 1. The quantitative estimate of drug-likeness (QED) is 0.920. The summed E-state index contributed by atoms with van der Waals surface area (Å²) >= 11 is 0. The number of hydrogen-bond donors (Lipinski definition) is 1. The number of carbonyl (C=O) groups excluding carboxylic acids is 2. The molecule has 1 aromatic rings. The molecule has 1 unspecified atom stereocenters. The Morgan fingerprint density at radius 1 is 1.26 bits per heavy atom. The first-order valence-electron chi connectivity index (χ1n) is 8.70. The molecule has 3 rings (SSSR count). The van der Waals surface area contributed by atoms with Crippen molar-refractivity contribution in [2.24, 2.45) is 5.92 Å². The maximum absolute atomic E-state index is 12.7. The van der Waals surface area contributed by atoms with Gasteiger partial charge in [-0.1, -0.05) is 0 Å². The van der Waals surface area contributed by atoms with Gasteiger partial charge in [0.05, 0.1) is 17.9 Å². The number of nitrogens with one attached hydrogen (secondary N) is 1. The summed E-state index contributed by atoms with van der Waals surface area (Å²) in [6.07, 6.45) is 6.62. The van der Waals surface area contributed by atoms with Gasteiger partial charge in [-0.15, -0.1) is 0 Å². The number of nitrogens with zero attached hydrogens (tertiary/aromatic N) is 3. The van der Waals surface area contributed by atoms with Crippen molar-refractivity contribution in [2.75, 3.05) is 13.1 Å². The number of piperidine rings is 1. The fourth-order valence-electron chi connectivity index (χ4n) is 3.51. The minimum Gasteiger partial charge on any atom is -0.354 e. The first-order valence-corrected chi connectivity index (χ1v) is 8.70. The van der Waals surface area contributed by atoms with E-state index in [9.17, 15) is 9.59 Å². The van der Waals surface area contributed by atoms with Crippen molar-refractivity contribution in [1.82, 2.24) is 19.8 Å². The van der Waals surface area contributed by atoms with E-state index >= 15 is 0 Å². The first kappa shape index (κ1) is 16.0. The lowest BCUT2D eigenvalue weighted by Crippen LogP contribution is -2.40. The predicted octanol–water partition coefficient (Wildman–Crippen LogP) is 1.60. The Morgan fingerprint density at radius 3 is 2.70 bits per heavy atom. The van der Waals surface area contributed by atoms with Gasteiger partial charge >= 0.3 is 0 Å². The Labute approximate surface area is 137 Å². The zero-order chi connectivity index (χ0) is 16.4. The van der Waals surface area contributed by atoms with Crippen LogP contribution < -0.4 is 5.32 Å². The Kier molecular flexibility index (Phi) is 4.68. The zero-order valence-electron chi connectivity index (χ0n) is 14.0. The second-order valence-electron chi connectivity index (χ2n) is 6.94. The van der Waals surface area contributed by atoms with Crippen molar-refractivity contribution >= 4 is 11.8 Å². The maximum atomic E-state index is 12.7. The normalized spacial score (nSPS) is 21.2. The third-order valence-corrected chi connectivity index (χ3v) is 4.74. The molecule has 0 saturated carbocycles. The van der Waals surface area contributed by atoms with Crippen LogP contribution in [0.3, 0.4) is 0 Å². The van der Waals surface area contributed by atoms with E-state index in [1.807, 2.05) is 23.3 Å². The van der Waals surface area contributed by atoms with E-state index in [4.69, 9.17) is 0 Å². The summed E-state index contributed by atoms with van der Waals surface area (Å²) in [6, 6.07) is 0.155. The zero-order valence-corrected chi connectivity index (χ0v) is 14.0. The molecule has 2 aliphatic rings. The highest BCUT2D eigenvalue weighted by molar-refractivity contribution is 5.93. The van der Waals surface area contributed by atoms with Gasteiger partial charge in [0, 0.05) is 25.7 Å². The van der Waals surface area contributed by atoms with Gasteiger partial charge in [-0.3, -0.25) is 9.59 Å². The van der Waals surface area contributed by atoms with Crippen LogP contribution in [0.4, 0.5) is 0 Å². The van der Waals surface area contributed by atoms with Crippen molar-refractivity contribution < 1.29 is 9.59 Å². The van der Waals surface area contributed by atoms with Crippen molar-refractivity contribution in [2.45, 2.75) is 58.5 Å². The second-order valence-corrected chi connectivity index (χ2v) is 6.94. The molecule has 6 heteroatoms. The SMILES string of the molecule is CC(C)NC(=O)C1CCc2c(C(=O)N3CCCCC3)ncn2C1. The Bertz CT molecular complexity index is 587. The van der Waals surface area contributed by atoms with E-state index in [-0.39, 0.29) is 23.8 Å². The molecule has 0 aliphatic carbocycles. The molecule has 3 heterocycles. The number of amides is 2. The molecule has 0 spiro atoms.